The Kier molecular flexibility index (Phi) is 4.15. The number of amides is 1. The molecule has 0 aliphatic heterocycles. The Labute approximate surface area is 98.8 Å². The summed E-state index contributed by atoms with van der Waals surface area (Å²) in [6.45, 7) is 3.78. The van der Waals surface area contributed by atoms with Gasteiger partial charge in [-0.15, -0.1) is 0 Å². The fourth-order valence-electron chi connectivity index (χ4n) is 1.15. The van der Waals surface area contributed by atoms with Crippen molar-refractivity contribution in [2.45, 2.75) is 13.8 Å². The summed E-state index contributed by atoms with van der Waals surface area (Å²) < 4.78 is 4.72. The van der Waals surface area contributed by atoms with Crippen LogP contribution in [-0.2, 0) is 4.74 Å². The number of ether oxygens (including phenoxy) is 1. The molecule has 1 aromatic carbocycles. The second kappa shape index (κ2) is 5.38. The number of nitrogens with one attached hydrogen (secondary N) is 1. The highest BCUT2D eigenvalue weighted by molar-refractivity contribution is 6.31. The van der Waals surface area contributed by atoms with Gasteiger partial charge in [0.15, 0.2) is 0 Å². The molecule has 0 heterocycles. The van der Waals surface area contributed by atoms with Crippen LogP contribution in [0.25, 0.3) is 0 Å². The van der Waals surface area contributed by atoms with Gasteiger partial charge in [0, 0.05) is 5.02 Å². The standard InChI is InChI=1S/C11H11ClN2O2/c1-3-16-11(15)14-10-4-7(2)9(12)5-8(10)6-13/h4-5H,3H2,1-2H3,(H,14,15). The monoisotopic (exact) mass is 238 g/mol. The van der Waals surface area contributed by atoms with Crippen molar-refractivity contribution >= 4 is 23.4 Å². The molecule has 0 saturated heterocycles. The van der Waals surface area contributed by atoms with Crippen molar-refractivity contribution in [3.05, 3.63) is 28.3 Å². The fraction of sp³-hybridized carbons (Fsp3) is 0.273. The highest BCUT2D eigenvalue weighted by Crippen LogP contribution is 2.24. The molecule has 0 unspecified atom stereocenters. The van der Waals surface area contributed by atoms with Crippen LogP contribution in [0.4, 0.5) is 10.5 Å². The van der Waals surface area contributed by atoms with Crippen molar-refractivity contribution in [3.8, 4) is 6.07 Å². The van der Waals surface area contributed by atoms with E-state index in [4.69, 9.17) is 21.6 Å². The predicted molar refractivity (Wildman–Crippen MR) is 61.5 cm³/mol. The van der Waals surface area contributed by atoms with Crippen LogP contribution < -0.4 is 5.32 Å². The number of anilines is 1. The number of nitriles is 1. The average Bonchev–Trinajstić information content (AvgIpc) is 2.23. The summed E-state index contributed by atoms with van der Waals surface area (Å²) in [4.78, 5) is 11.2. The zero-order valence-corrected chi connectivity index (χ0v) is 9.76. The van der Waals surface area contributed by atoms with Gasteiger partial charge in [0.05, 0.1) is 17.9 Å². The van der Waals surface area contributed by atoms with Gasteiger partial charge < -0.3 is 4.74 Å². The second-order valence-corrected chi connectivity index (χ2v) is 3.51. The van der Waals surface area contributed by atoms with E-state index in [2.05, 4.69) is 5.32 Å². The van der Waals surface area contributed by atoms with Crippen LogP contribution in [0.15, 0.2) is 12.1 Å². The summed E-state index contributed by atoms with van der Waals surface area (Å²) in [6, 6.07) is 5.11. The van der Waals surface area contributed by atoms with Crippen LogP contribution in [0.5, 0.6) is 0 Å². The molecule has 0 aliphatic rings. The second-order valence-electron chi connectivity index (χ2n) is 3.10. The van der Waals surface area contributed by atoms with Gasteiger partial charge in [-0.3, -0.25) is 5.32 Å². The molecular weight excluding hydrogens is 228 g/mol. The van der Waals surface area contributed by atoms with Crippen LogP contribution in [0.2, 0.25) is 5.02 Å². The lowest BCUT2D eigenvalue weighted by Crippen LogP contribution is -2.14. The van der Waals surface area contributed by atoms with Crippen LogP contribution in [0.1, 0.15) is 18.1 Å². The lowest BCUT2D eigenvalue weighted by atomic mass is 10.1. The summed E-state index contributed by atoms with van der Waals surface area (Å²) in [6.07, 6.45) is -0.583. The molecule has 0 spiro atoms. The number of hydrogen-bond acceptors (Lipinski definition) is 3. The molecular formula is C11H11ClN2O2. The summed E-state index contributed by atoms with van der Waals surface area (Å²) in [7, 11) is 0. The third-order valence-electron chi connectivity index (χ3n) is 1.93. The van der Waals surface area contributed by atoms with Crippen molar-refractivity contribution in [2.24, 2.45) is 0 Å². The summed E-state index contributed by atoms with van der Waals surface area (Å²) in [5.74, 6) is 0. The first-order valence-corrected chi connectivity index (χ1v) is 5.10. The topological polar surface area (TPSA) is 62.1 Å². The van der Waals surface area contributed by atoms with Gasteiger partial charge in [0.1, 0.15) is 6.07 Å². The number of hydrogen-bond donors (Lipinski definition) is 1. The van der Waals surface area contributed by atoms with Crippen molar-refractivity contribution in [1.29, 1.82) is 5.26 Å². The Bertz CT molecular complexity index is 452. The van der Waals surface area contributed by atoms with Crippen molar-refractivity contribution in [3.63, 3.8) is 0 Å². The zero-order valence-electron chi connectivity index (χ0n) is 9.00. The number of rotatable bonds is 2. The first-order valence-electron chi connectivity index (χ1n) is 4.72. The quantitative estimate of drug-likeness (QED) is 0.861. The molecule has 0 bridgehead atoms. The molecule has 0 aromatic heterocycles. The summed E-state index contributed by atoms with van der Waals surface area (Å²) in [5, 5.41) is 11.9. The fourth-order valence-corrected chi connectivity index (χ4v) is 1.32. The maximum absolute atomic E-state index is 11.2. The van der Waals surface area contributed by atoms with Crippen molar-refractivity contribution in [2.75, 3.05) is 11.9 Å². The Hall–Kier alpha value is -1.73. The van der Waals surface area contributed by atoms with Gasteiger partial charge in [-0.25, -0.2) is 4.79 Å². The minimum absolute atomic E-state index is 0.278. The van der Waals surface area contributed by atoms with E-state index in [0.717, 1.165) is 5.56 Å². The van der Waals surface area contributed by atoms with Gasteiger partial charge in [-0.1, -0.05) is 11.6 Å². The Morgan fingerprint density at radius 3 is 2.88 bits per heavy atom. The molecule has 1 rings (SSSR count). The lowest BCUT2D eigenvalue weighted by molar-refractivity contribution is 0.168. The normalized spacial score (nSPS) is 9.38. The van der Waals surface area contributed by atoms with E-state index >= 15 is 0 Å². The highest BCUT2D eigenvalue weighted by Gasteiger charge is 2.09. The molecule has 1 amide bonds. The van der Waals surface area contributed by atoms with E-state index < -0.39 is 6.09 Å². The van der Waals surface area contributed by atoms with Crippen LogP contribution in [-0.4, -0.2) is 12.7 Å². The van der Waals surface area contributed by atoms with E-state index in [9.17, 15) is 4.79 Å². The van der Waals surface area contributed by atoms with Gasteiger partial charge >= 0.3 is 6.09 Å². The lowest BCUT2D eigenvalue weighted by Gasteiger charge is -2.08. The highest BCUT2D eigenvalue weighted by atomic mass is 35.5. The van der Waals surface area contributed by atoms with Crippen LogP contribution in [0, 0.1) is 18.3 Å². The first kappa shape index (κ1) is 12.3. The van der Waals surface area contributed by atoms with Crippen LogP contribution >= 0.6 is 11.6 Å². The number of benzene rings is 1. The van der Waals surface area contributed by atoms with Crippen LogP contribution in [0.3, 0.4) is 0 Å². The summed E-state index contributed by atoms with van der Waals surface area (Å²) in [5.41, 5.74) is 1.50. The Morgan fingerprint density at radius 2 is 2.31 bits per heavy atom. The third-order valence-corrected chi connectivity index (χ3v) is 2.34. The molecule has 1 aromatic rings. The van der Waals surface area contributed by atoms with Gasteiger partial charge in [-0.2, -0.15) is 5.26 Å². The number of aryl methyl sites for hydroxylation is 1. The molecule has 0 aliphatic carbocycles. The third kappa shape index (κ3) is 2.88. The Balaban J connectivity index is 3.00. The van der Waals surface area contributed by atoms with Gasteiger partial charge in [0.25, 0.3) is 0 Å². The molecule has 84 valence electrons. The summed E-state index contributed by atoms with van der Waals surface area (Å²) >= 11 is 5.87. The molecule has 4 nitrogen and oxygen atoms in total. The molecule has 0 radical (unpaired) electrons. The largest absolute Gasteiger partial charge is 0.450 e. The molecule has 0 atom stereocenters. The maximum atomic E-state index is 11.2. The molecule has 1 N–H and O–H groups in total. The minimum atomic E-state index is -0.583. The van der Waals surface area contributed by atoms with E-state index in [1.807, 2.05) is 6.07 Å². The molecule has 0 fully saturated rings. The average molecular weight is 239 g/mol. The first-order chi connectivity index (χ1) is 7.58. The SMILES string of the molecule is CCOC(=O)Nc1cc(C)c(Cl)cc1C#N. The Morgan fingerprint density at radius 1 is 1.62 bits per heavy atom. The molecule has 16 heavy (non-hydrogen) atoms. The van der Waals surface area contributed by atoms with Crippen molar-refractivity contribution in [1.82, 2.24) is 0 Å². The van der Waals surface area contributed by atoms with Crippen molar-refractivity contribution < 1.29 is 9.53 Å². The molecule has 0 saturated carbocycles. The van der Waals surface area contributed by atoms with E-state index in [-0.39, 0.29) is 6.61 Å². The number of carbonyl (C=O) groups is 1. The molecule has 5 heteroatoms. The van der Waals surface area contributed by atoms with Gasteiger partial charge in [-0.05, 0) is 31.5 Å². The zero-order chi connectivity index (χ0) is 12.1. The number of halogens is 1. The smallest absolute Gasteiger partial charge is 0.411 e. The van der Waals surface area contributed by atoms with E-state index in [1.165, 1.54) is 6.07 Å². The number of nitrogens with zero attached hydrogens (tertiary/aromatic N) is 1. The van der Waals surface area contributed by atoms with E-state index in [1.54, 1.807) is 19.9 Å². The van der Waals surface area contributed by atoms with Gasteiger partial charge in [0.2, 0.25) is 0 Å². The minimum Gasteiger partial charge on any atom is -0.450 e. The predicted octanol–water partition coefficient (Wildman–Crippen LogP) is 3.09. The number of carbonyl (C=O) groups excluding carboxylic acids is 1. The van der Waals surface area contributed by atoms with E-state index in [0.29, 0.717) is 16.3 Å². The maximum Gasteiger partial charge on any atom is 0.411 e.